The summed E-state index contributed by atoms with van der Waals surface area (Å²) in [6.07, 6.45) is -0.230. The Bertz CT molecular complexity index is 812. The van der Waals surface area contributed by atoms with Crippen LogP contribution < -0.4 is 5.56 Å². The first kappa shape index (κ1) is 17.5. The summed E-state index contributed by atoms with van der Waals surface area (Å²) >= 11 is 0. The standard InChI is InChI=1S/C17H17F3N2O3/c18-17(19,20)12-1-2-13(15(23)7-12)14-8-21-10-22(16(14)24)9-11-3-5-25-6-4-11/h1-2,7-8,10-11,23H,3-6,9H2. The first-order valence-corrected chi connectivity index (χ1v) is 7.89. The lowest BCUT2D eigenvalue weighted by molar-refractivity contribution is -0.137. The van der Waals surface area contributed by atoms with Gasteiger partial charge in [0.25, 0.3) is 5.56 Å². The van der Waals surface area contributed by atoms with Crippen LogP contribution in [-0.2, 0) is 17.5 Å². The van der Waals surface area contributed by atoms with Gasteiger partial charge in [0.1, 0.15) is 5.75 Å². The van der Waals surface area contributed by atoms with Gasteiger partial charge in [-0.3, -0.25) is 9.36 Å². The molecule has 25 heavy (non-hydrogen) atoms. The molecule has 1 fully saturated rings. The summed E-state index contributed by atoms with van der Waals surface area (Å²) in [4.78, 5) is 16.6. The second kappa shape index (κ2) is 6.87. The number of alkyl halides is 3. The van der Waals surface area contributed by atoms with Crippen molar-refractivity contribution in [2.24, 2.45) is 5.92 Å². The number of phenolic OH excluding ortho intramolecular Hbond substituents is 1. The normalized spacial score (nSPS) is 16.1. The first-order chi connectivity index (χ1) is 11.9. The van der Waals surface area contributed by atoms with Crippen LogP contribution in [-0.4, -0.2) is 27.9 Å². The molecule has 1 aliphatic rings. The predicted molar refractivity (Wildman–Crippen MR) is 84.1 cm³/mol. The fourth-order valence-electron chi connectivity index (χ4n) is 2.91. The van der Waals surface area contributed by atoms with Crippen molar-refractivity contribution in [1.82, 2.24) is 9.55 Å². The van der Waals surface area contributed by atoms with Crippen molar-refractivity contribution in [1.29, 1.82) is 0 Å². The molecule has 1 aromatic carbocycles. The number of halogens is 3. The van der Waals surface area contributed by atoms with E-state index in [-0.39, 0.29) is 17.0 Å². The van der Waals surface area contributed by atoms with Crippen molar-refractivity contribution in [3.05, 3.63) is 46.6 Å². The average molecular weight is 354 g/mol. The number of rotatable bonds is 3. The van der Waals surface area contributed by atoms with Gasteiger partial charge < -0.3 is 9.84 Å². The number of hydrogen-bond donors (Lipinski definition) is 1. The van der Waals surface area contributed by atoms with Gasteiger partial charge in [-0.1, -0.05) is 0 Å². The molecule has 0 atom stereocenters. The number of aromatic hydroxyl groups is 1. The van der Waals surface area contributed by atoms with E-state index < -0.39 is 23.0 Å². The van der Waals surface area contributed by atoms with E-state index >= 15 is 0 Å². The molecule has 3 rings (SSSR count). The largest absolute Gasteiger partial charge is 0.507 e. The molecule has 0 amide bonds. The third-order valence-electron chi connectivity index (χ3n) is 4.31. The zero-order valence-corrected chi connectivity index (χ0v) is 13.3. The van der Waals surface area contributed by atoms with Crippen LogP contribution in [0, 0.1) is 5.92 Å². The molecule has 0 radical (unpaired) electrons. The Morgan fingerprint density at radius 2 is 1.96 bits per heavy atom. The molecule has 134 valence electrons. The lowest BCUT2D eigenvalue weighted by atomic mass is 10.00. The summed E-state index contributed by atoms with van der Waals surface area (Å²) in [5.74, 6) is -0.317. The van der Waals surface area contributed by atoms with Crippen molar-refractivity contribution < 1.29 is 23.0 Å². The van der Waals surface area contributed by atoms with E-state index in [4.69, 9.17) is 4.74 Å². The molecule has 1 N–H and O–H groups in total. The lowest BCUT2D eigenvalue weighted by Gasteiger charge is -2.22. The second-order valence-electron chi connectivity index (χ2n) is 6.05. The van der Waals surface area contributed by atoms with Crippen LogP contribution in [0.1, 0.15) is 18.4 Å². The highest BCUT2D eigenvalue weighted by molar-refractivity contribution is 5.69. The van der Waals surface area contributed by atoms with Crippen molar-refractivity contribution >= 4 is 0 Å². The van der Waals surface area contributed by atoms with E-state index in [0.717, 1.165) is 25.0 Å². The maximum Gasteiger partial charge on any atom is 0.416 e. The molecule has 0 bridgehead atoms. The highest BCUT2D eigenvalue weighted by atomic mass is 19.4. The predicted octanol–water partition coefficient (Wildman–Crippen LogP) is 3.06. The summed E-state index contributed by atoms with van der Waals surface area (Å²) in [7, 11) is 0. The third kappa shape index (κ3) is 3.84. The monoisotopic (exact) mass is 354 g/mol. The van der Waals surface area contributed by atoms with Crippen molar-refractivity contribution in [2.75, 3.05) is 13.2 Å². The van der Waals surface area contributed by atoms with Crippen LogP contribution in [0.25, 0.3) is 11.1 Å². The van der Waals surface area contributed by atoms with Gasteiger partial charge in [-0.05, 0) is 37.0 Å². The highest BCUT2D eigenvalue weighted by Crippen LogP contribution is 2.35. The van der Waals surface area contributed by atoms with E-state index in [9.17, 15) is 23.1 Å². The molecule has 1 aromatic heterocycles. The topological polar surface area (TPSA) is 64.3 Å². The molecule has 0 spiro atoms. The summed E-state index contributed by atoms with van der Waals surface area (Å²) in [5, 5.41) is 9.95. The molecular formula is C17H17F3N2O3. The number of benzene rings is 1. The Labute approximate surface area is 141 Å². The molecule has 1 saturated heterocycles. The number of nitrogens with zero attached hydrogens (tertiary/aromatic N) is 2. The number of phenols is 1. The third-order valence-corrected chi connectivity index (χ3v) is 4.31. The Morgan fingerprint density at radius 3 is 2.60 bits per heavy atom. The minimum atomic E-state index is -4.56. The molecule has 5 nitrogen and oxygen atoms in total. The van der Waals surface area contributed by atoms with Gasteiger partial charge in [0, 0.05) is 31.5 Å². The van der Waals surface area contributed by atoms with Gasteiger partial charge in [-0.2, -0.15) is 13.2 Å². The molecule has 0 saturated carbocycles. The quantitative estimate of drug-likeness (QED) is 0.920. The van der Waals surface area contributed by atoms with Gasteiger partial charge in [0.05, 0.1) is 17.5 Å². The minimum Gasteiger partial charge on any atom is -0.507 e. The zero-order chi connectivity index (χ0) is 18.0. The summed E-state index contributed by atoms with van der Waals surface area (Å²) < 4.78 is 44.8. The maximum absolute atomic E-state index is 12.7. The van der Waals surface area contributed by atoms with Crippen LogP contribution in [0.3, 0.4) is 0 Å². The average Bonchev–Trinajstić information content (AvgIpc) is 2.57. The van der Waals surface area contributed by atoms with E-state index in [1.807, 2.05) is 0 Å². The number of ether oxygens (including phenoxy) is 1. The van der Waals surface area contributed by atoms with Crippen molar-refractivity contribution in [3.8, 4) is 16.9 Å². The van der Waals surface area contributed by atoms with Crippen molar-refractivity contribution in [2.45, 2.75) is 25.6 Å². The summed E-state index contributed by atoms with van der Waals surface area (Å²) in [6.45, 7) is 1.75. The van der Waals surface area contributed by atoms with Gasteiger partial charge in [-0.15, -0.1) is 0 Å². The van der Waals surface area contributed by atoms with Gasteiger partial charge in [-0.25, -0.2) is 4.98 Å². The molecule has 2 heterocycles. The van der Waals surface area contributed by atoms with Crippen molar-refractivity contribution in [3.63, 3.8) is 0 Å². The molecular weight excluding hydrogens is 337 g/mol. The van der Waals surface area contributed by atoms with Gasteiger partial charge in [0.15, 0.2) is 0 Å². The fraction of sp³-hybridized carbons (Fsp3) is 0.412. The molecule has 1 aliphatic heterocycles. The van der Waals surface area contributed by atoms with Crippen LogP contribution >= 0.6 is 0 Å². The van der Waals surface area contributed by atoms with E-state index in [2.05, 4.69) is 4.98 Å². The highest BCUT2D eigenvalue weighted by Gasteiger charge is 2.31. The minimum absolute atomic E-state index is 0.0341. The van der Waals surface area contributed by atoms with Crippen LogP contribution in [0.5, 0.6) is 5.75 Å². The number of hydrogen-bond acceptors (Lipinski definition) is 4. The molecule has 0 aliphatic carbocycles. The summed E-state index contributed by atoms with van der Waals surface area (Å²) in [5.41, 5.74) is -1.26. The maximum atomic E-state index is 12.7. The van der Waals surface area contributed by atoms with E-state index in [0.29, 0.717) is 25.8 Å². The smallest absolute Gasteiger partial charge is 0.416 e. The molecule has 2 aromatic rings. The van der Waals surface area contributed by atoms with Crippen LogP contribution in [0.4, 0.5) is 13.2 Å². The van der Waals surface area contributed by atoms with Crippen LogP contribution in [0.2, 0.25) is 0 Å². The zero-order valence-electron chi connectivity index (χ0n) is 13.3. The molecule has 8 heteroatoms. The first-order valence-electron chi connectivity index (χ1n) is 7.89. The van der Waals surface area contributed by atoms with Gasteiger partial charge in [0.2, 0.25) is 0 Å². The number of aromatic nitrogens is 2. The Hall–Kier alpha value is -2.35. The lowest BCUT2D eigenvalue weighted by Crippen LogP contribution is -2.28. The van der Waals surface area contributed by atoms with E-state index in [1.165, 1.54) is 17.1 Å². The summed E-state index contributed by atoms with van der Waals surface area (Å²) in [6, 6.07) is 2.55. The Balaban J connectivity index is 1.93. The van der Waals surface area contributed by atoms with Crippen LogP contribution in [0.15, 0.2) is 35.5 Å². The molecule has 0 unspecified atom stereocenters. The van der Waals surface area contributed by atoms with Gasteiger partial charge >= 0.3 is 6.18 Å². The second-order valence-corrected chi connectivity index (χ2v) is 6.05. The Morgan fingerprint density at radius 1 is 1.24 bits per heavy atom. The van der Waals surface area contributed by atoms with E-state index in [1.54, 1.807) is 0 Å². The fourth-order valence-corrected chi connectivity index (χ4v) is 2.91. The Kier molecular flexibility index (Phi) is 4.80. The SMILES string of the molecule is O=c1c(-c2ccc(C(F)(F)F)cc2O)cncn1CC1CCOCC1.